The van der Waals surface area contributed by atoms with Gasteiger partial charge in [0.1, 0.15) is 18.3 Å². The van der Waals surface area contributed by atoms with Crippen LogP contribution in [0.15, 0.2) is 0 Å². The van der Waals surface area contributed by atoms with E-state index in [4.69, 9.17) is 18.6 Å². The Morgan fingerprint density at radius 2 is 1.25 bits per heavy atom. The lowest BCUT2D eigenvalue weighted by atomic mass is 9.99. The molecule has 0 saturated carbocycles. The van der Waals surface area contributed by atoms with Gasteiger partial charge in [-0.2, -0.15) is 16.8 Å². The highest BCUT2D eigenvalue weighted by Gasteiger charge is 2.50. The molecular weight excluding hydrogens is 472 g/mol. The second-order valence-electron chi connectivity index (χ2n) is 7.75. The topological polar surface area (TPSA) is 186 Å². The van der Waals surface area contributed by atoms with E-state index in [1.165, 1.54) is 32.1 Å². The first-order chi connectivity index (χ1) is 15.0. The van der Waals surface area contributed by atoms with Gasteiger partial charge in [0.25, 0.3) is 0 Å². The van der Waals surface area contributed by atoms with Crippen LogP contribution < -0.4 is 0 Å². The molecule has 12 nitrogen and oxygen atoms in total. The highest BCUT2D eigenvalue weighted by atomic mass is 32.3. The van der Waals surface area contributed by atoms with Crippen molar-refractivity contribution in [1.82, 2.24) is 0 Å². The molecule has 0 bridgehead atoms. The largest absolute Gasteiger partial charge is 0.397 e. The molecule has 0 aromatic carbocycles. The van der Waals surface area contributed by atoms with Gasteiger partial charge in [0.15, 0.2) is 12.4 Å². The number of hydrogen-bond donors (Lipinski definition) is 4. The molecule has 1 rings (SSSR count). The summed E-state index contributed by atoms with van der Waals surface area (Å²) < 4.78 is 82.0. The molecule has 0 aromatic heterocycles. The number of ether oxygens (including phenoxy) is 2. The molecule has 0 radical (unpaired) electrons. The molecule has 0 aromatic rings. The Balaban J connectivity index is 2.58. The predicted octanol–water partition coefficient (Wildman–Crippen LogP) is 1.38. The Hall–Kier alpha value is -0.420. The van der Waals surface area contributed by atoms with Gasteiger partial charge >= 0.3 is 20.8 Å². The summed E-state index contributed by atoms with van der Waals surface area (Å²) in [5, 5.41) is 19.5. The van der Waals surface area contributed by atoms with E-state index in [2.05, 4.69) is 15.3 Å². The molecule has 0 spiro atoms. The van der Waals surface area contributed by atoms with Gasteiger partial charge < -0.3 is 19.7 Å². The number of hydrogen-bond acceptors (Lipinski definition) is 10. The molecule has 32 heavy (non-hydrogen) atoms. The van der Waals surface area contributed by atoms with Crippen LogP contribution in [0.1, 0.15) is 71.1 Å². The zero-order valence-electron chi connectivity index (χ0n) is 18.2. The molecule has 14 heteroatoms. The molecular formula is C18H36O12S2. The minimum absolute atomic E-state index is 0.0688. The van der Waals surface area contributed by atoms with Crippen LogP contribution in [0.4, 0.5) is 0 Å². The molecule has 1 aliphatic heterocycles. The zero-order valence-corrected chi connectivity index (χ0v) is 19.9. The summed E-state index contributed by atoms with van der Waals surface area (Å²) in [5.41, 5.74) is 0. The smallest absolute Gasteiger partial charge is 0.394 e. The van der Waals surface area contributed by atoms with Gasteiger partial charge in [-0.15, -0.1) is 0 Å². The molecule has 1 saturated heterocycles. The fourth-order valence-corrected chi connectivity index (χ4v) is 4.44. The van der Waals surface area contributed by atoms with Gasteiger partial charge in [-0.3, -0.25) is 9.11 Å². The lowest BCUT2D eigenvalue weighted by molar-refractivity contribution is -0.291. The first-order valence-corrected chi connectivity index (χ1v) is 13.6. The molecule has 1 heterocycles. The van der Waals surface area contributed by atoms with Crippen molar-refractivity contribution in [3.8, 4) is 0 Å². The fourth-order valence-electron chi connectivity index (χ4n) is 3.46. The second-order valence-corrected chi connectivity index (χ2v) is 9.84. The number of unbranched alkanes of at least 4 members (excludes halogenated alkanes) is 9. The molecule has 192 valence electrons. The summed E-state index contributed by atoms with van der Waals surface area (Å²) in [6.45, 7) is 1.45. The van der Waals surface area contributed by atoms with Crippen LogP contribution in [0.25, 0.3) is 0 Å². The van der Waals surface area contributed by atoms with Crippen molar-refractivity contribution in [2.24, 2.45) is 0 Å². The lowest BCUT2D eigenvalue weighted by Gasteiger charge is -2.41. The number of rotatable bonds is 17. The number of aliphatic hydroxyl groups excluding tert-OH is 2. The highest BCUT2D eigenvalue weighted by Crippen LogP contribution is 2.29. The maximum atomic E-state index is 11.2. The van der Waals surface area contributed by atoms with Gasteiger partial charge in [-0.05, 0) is 6.42 Å². The zero-order chi connectivity index (χ0) is 24.2. The van der Waals surface area contributed by atoms with Crippen molar-refractivity contribution in [3.63, 3.8) is 0 Å². The van der Waals surface area contributed by atoms with Crippen molar-refractivity contribution in [3.05, 3.63) is 0 Å². The van der Waals surface area contributed by atoms with Crippen molar-refractivity contribution < 1.29 is 54.0 Å². The van der Waals surface area contributed by atoms with Gasteiger partial charge in [-0.25, -0.2) is 8.37 Å². The first kappa shape index (κ1) is 29.6. The summed E-state index contributed by atoms with van der Waals surface area (Å²) in [5.74, 6) is 0. The maximum Gasteiger partial charge on any atom is 0.397 e. The van der Waals surface area contributed by atoms with E-state index in [9.17, 15) is 27.0 Å². The summed E-state index contributed by atoms with van der Waals surface area (Å²) in [6, 6.07) is 0. The average Bonchev–Trinajstić information content (AvgIpc) is 2.68. The molecule has 1 fully saturated rings. The average molecular weight is 509 g/mol. The normalized spacial score (nSPS) is 27.0. The van der Waals surface area contributed by atoms with E-state index in [1.54, 1.807) is 0 Å². The van der Waals surface area contributed by atoms with E-state index in [-0.39, 0.29) is 6.61 Å². The Bertz CT molecular complexity index is 711. The first-order valence-electron chi connectivity index (χ1n) is 10.9. The summed E-state index contributed by atoms with van der Waals surface area (Å²) in [7, 11) is -10.3. The van der Waals surface area contributed by atoms with Gasteiger partial charge in [0.2, 0.25) is 0 Å². The third-order valence-corrected chi connectivity index (χ3v) is 5.97. The lowest BCUT2D eigenvalue weighted by Crippen LogP contribution is -2.61. The molecule has 0 amide bonds. The Kier molecular flexibility index (Phi) is 13.7. The summed E-state index contributed by atoms with van der Waals surface area (Å²) in [4.78, 5) is 0. The minimum atomic E-state index is -5.16. The van der Waals surface area contributed by atoms with Crippen LogP contribution in [0.2, 0.25) is 0 Å². The van der Waals surface area contributed by atoms with Crippen molar-refractivity contribution in [2.75, 3.05) is 13.2 Å². The van der Waals surface area contributed by atoms with E-state index in [0.717, 1.165) is 25.7 Å². The molecule has 5 atom stereocenters. The molecule has 0 aliphatic carbocycles. The van der Waals surface area contributed by atoms with Crippen LogP contribution in [0.5, 0.6) is 0 Å². The van der Waals surface area contributed by atoms with Gasteiger partial charge in [-0.1, -0.05) is 64.7 Å². The van der Waals surface area contributed by atoms with E-state index in [1.807, 2.05) is 0 Å². The van der Waals surface area contributed by atoms with Gasteiger partial charge in [0.05, 0.1) is 6.61 Å². The maximum absolute atomic E-state index is 11.2. The second kappa shape index (κ2) is 14.8. The van der Waals surface area contributed by atoms with Crippen LogP contribution in [-0.2, 0) is 38.6 Å². The third kappa shape index (κ3) is 12.2. The quantitative estimate of drug-likeness (QED) is 0.163. The fraction of sp³-hybridized carbons (Fsp3) is 1.00. The van der Waals surface area contributed by atoms with Crippen LogP contribution in [0.3, 0.4) is 0 Å². The van der Waals surface area contributed by atoms with E-state index >= 15 is 0 Å². The Morgan fingerprint density at radius 1 is 0.781 bits per heavy atom. The summed E-state index contributed by atoms with van der Waals surface area (Å²) in [6.07, 6.45) is 1.80. The monoisotopic (exact) mass is 508 g/mol. The van der Waals surface area contributed by atoms with E-state index < -0.39 is 58.1 Å². The van der Waals surface area contributed by atoms with Crippen molar-refractivity contribution in [1.29, 1.82) is 0 Å². The van der Waals surface area contributed by atoms with Crippen LogP contribution in [-0.4, -0.2) is 80.1 Å². The Morgan fingerprint density at radius 3 is 1.72 bits per heavy atom. The molecule has 4 N–H and O–H groups in total. The predicted molar refractivity (Wildman–Crippen MR) is 112 cm³/mol. The SMILES string of the molecule is CCCCCCCCCCCCOC1O[C@H](CO)[C@@H](O)[C@H](OS(=O)(=O)O)[C@H]1OS(=O)(=O)O. The highest BCUT2D eigenvalue weighted by molar-refractivity contribution is 7.81. The standard InChI is InChI=1S/C18H36O12S2/c1-2-3-4-5-6-7-8-9-10-11-12-27-18-17(30-32(24,25)26)16(29-31(21,22)23)15(20)14(13-19)28-18/h14-20H,2-13H2,1H3,(H,21,22,23)(H,24,25,26)/t14-,15-,16+,17-,18?/m1/s1. The minimum Gasteiger partial charge on any atom is -0.394 e. The Labute approximate surface area is 190 Å². The van der Waals surface area contributed by atoms with Gasteiger partial charge in [0, 0.05) is 6.61 Å². The van der Waals surface area contributed by atoms with Crippen LogP contribution >= 0.6 is 0 Å². The van der Waals surface area contributed by atoms with Crippen molar-refractivity contribution in [2.45, 2.75) is 102 Å². The van der Waals surface area contributed by atoms with Crippen molar-refractivity contribution >= 4 is 20.8 Å². The van der Waals surface area contributed by atoms with E-state index in [0.29, 0.717) is 6.42 Å². The number of aliphatic hydroxyl groups is 2. The molecule has 1 aliphatic rings. The third-order valence-electron chi connectivity index (χ3n) is 5.04. The summed E-state index contributed by atoms with van der Waals surface area (Å²) >= 11 is 0. The molecule has 1 unspecified atom stereocenters. The van der Waals surface area contributed by atoms with Crippen LogP contribution in [0, 0.1) is 0 Å².